The minimum atomic E-state index is -3.26. The van der Waals surface area contributed by atoms with Gasteiger partial charge in [-0.2, -0.15) is 0 Å². The Labute approximate surface area is 139 Å². The number of hydrogen-bond donors (Lipinski definition) is 1. The van der Waals surface area contributed by atoms with Crippen LogP contribution >= 0.6 is 11.3 Å². The number of rotatable bonds is 5. The molecule has 7 nitrogen and oxygen atoms in total. The van der Waals surface area contributed by atoms with E-state index in [2.05, 4.69) is 15.3 Å². The summed E-state index contributed by atoms with van der Waals surface area (Å²) in [6.07, 6.45) is 1.53. The molecule has 23 heavy (non-hydrogen) atoms. The van der Waals surface area contributed by atoms with Crippen molar-refractivity contribution in [2.24, 2.45) is 5.92 Å². The smallest absolute Gasteiger partial charge is 0.214 e. The van der Waals surface area contributed by atoms with Gasteiger partial charge in [0.2, 0.25) is 10.0 Å². The van der Waals surface area contributed by atoms with Crippen LogP contribution in [-0.4, -0.2) is 61.8 Å². The summed E-state index contributed by atoms with van der Waals surface area (Å²) in [6.45, 7) is 2.94. The van der Waals surface area contributed by atoms with Crippen LogP contribution in [0.15, 0.2) is 12.4 Å². The fourth-order valence-corrected chi connectivity index (χ4v) is 4.62. The van der Waals surface area contributed by atoms with Crippen LogP contribution in [0.2, 0.25) is 0 Å². The minimum absolute atomic E-state index is 0.0640. The van der Waals surface area contributed by atoms with Crippen molar-refractivity contribution in [2.75, 3.05) is 38.4 Å². The van der Waals surface area contributed by atoms with E-state index in [1.165, 1.54) is 10.6 Å². The number of ether oxygens (including phenoxy) is 1. The van der Waals surface area contributed by atoms with Gasteiger partial charge < -0.3 is 10.1 Å². The third-order valence-corrected chi connectivity index (χ3v) is 6.87. The van der Waals surface area contributed by atoms with E-state index in [1.807, 2.05) is 13.0 Å². The first kappa shape index (κ1) is 16.6. The molecule has 126 valence electrons. The van der Waals surface area contributed by atoms with E-state index in [1.54, 1.807) is 25.4 Å². The van der Waals surface area contributed by atoms with E-state index < -0.39 is 10.0 Å². The number of hydrogen-bond acceptors (Lipinski definition) is 7. The fourth-order valence-electron chi connectivity index (χ4n) is 2.61. The Bertz CT molecular complexity index is 803. The van der Waals surface area contributed by atoms with Crippen LogP contribution in [-0.2, 0) is 14.8 Å². The Morgan fingerprint density at radius 3 is 2.91 bits per heavy atom. The Kier molecular flexibility index (Phi) is 4.54. The molecule has 0 aliphatic carbocycles. The van der Waals surface area contributed by atoms with Gasteiger partial charge >= 0.3 is 0 Å². The van der Waals surface area contributed by atoms with Gasteiger partial charge in [0.1, 0.15) is 17.0 Å². The normalized spacial score (nSPS) is 22.1. The SMILES string of the molecule is Cc1cc2c(N[C@H]3COC[C@H]3CS(=O)(=O)N(C)C)ncnc2s1. The Morgan fingerprint density at radius 2 is 2.17 bits per heavy atom. The average molecular weight is 356 g/mol. The van der Waals surface area contributed by atoms with Crippen molar-refractivity contribution in [3.05, 3.63) is 17.3 Å². The number of thiophene rings is 1. The van der Waals surface area contributed by atoms with Crippen LogP contribution in [0.1, 0.15) is 4.88 Å². The van der Waals surface area contributed by atoms with Gasteiger partial charge in [-0.3, -0.25) is 0 Å². The van der Waals surface area contributed by atoms with E-state index in [-0.39, 0.29) is 17.7 Å². The molecule has 0 amide bonds. The molecule has 1 aliphatic rings. The summed E-state index contributed by atoms with van der Waals surface area (Å²) in [5, 5.41) is 4.33. The second-order valence-corrected chi connectivity index (χ2v) is 9.37. The van der Waals surface area contributed by atoms with Crippen LogP contribution in [0.25, 0.3) is 10.2 Å². The number of fused-ring (bicyclic) bond motifs is 1. The third kappa shape index (κ3) is 3.47. The van der Waals surface area contributed by atoms with Gasteiger partial charge in [-0.05, 0) is 13.0 Å². The monoisotopic (exact) mass is 356 g/mol. The van der Waals surface area contributed by atoms with Gasteiger partial charge in [-0.25, -0.2) is 22.7 Å². The summed E-state index contributed by atoms with van der Waals surface area (Å²) in [6, 6.07) is 1.96. The standard InChI is InChI=1S/C14H20N4O3S2/c1-9-4-11-13(15-8-16-14(11)22-9)17-12-6-21-5-10(12)7-23(19,20)18(2)3/h4,8,10,12H,5-7H2,1-3H3,(H,15,16,17)/t10-,12-/m0/s1. The summed E-state index contributed by atoms with van der Waals surface area (Å²) in [5.41, 5.74) is 0. The molecule has 2 atom stereocenters. The maximum Gasteiger partial charge on any atom is 0.214 e. The molecule has 9 heteroatoms. The molecule has 0 aromatic carbocycles. The van der Waals surface area contributed by atoms with Crippen LogP contribution in [0.5, 0.6) is 0 Å². The van der Waals surface area contributed by atoms with Crippen LogP contribution in [0, 0.1) is 12.8 Å². The quantitative estimate of drug-likeness (QED) is 0.870. The number of aromatic nitrogens is 2. The zero-order chi connectivity index (χ0) is 16.6. The van der Waals surface area contributed by atoms with E-state index in [9.17, 15) is 8.42 Å². The molecule has 1 saturated heterocycles. The zero-order valence-electron chi connectivity index (χ0n) is 13.3. The molecule has 3 rings (SSSR count). The summed E-state index contributed by atoms with van der Waals surface area (Å²) in [7, 11) is -0.160. The maximum absolute atomic E-state index is 12.1. The topological polar surface area (TPSA) is 84.4 Å². The molecule has 1 fully saturated rings. The van der Waals surface area contributed by atoms with Crippen molar-refractivity contribution in [1.29, 1.82) is 0 Å². The molecule has 2 aromatic heterocycles. The number of sulfonamides is 1. The highest BCUT2D eigenvalue weighted by molar-refractivity contribution is 7.89. The van der Waals surface area contributed by atoms with Crippen molar-refractivity contribution in [1.82, 2.24) is 14.3 Å². The highest BCUT2D eigenvalue weighted by Crippen LogP contribution is 2.29. The lowest BCUT2D eigenvalue weighted by Gasteiger charge is -2.21. The molecule has 0 bridgehead atoms. The zero-order valence-corrected chi connectivity index (χ0v) is 14.9. The minimum Gasteiger partial charge on any atom is -0.379 e. The molecule has 1 N–H and O–H groups in total. The van der Waals surface area contributed by atoms with Crippen LogP contribution in [0.3, 0.4) is 0 Å². The van der Waals surface area contributed by atoms with Gasteiger partial charge in [-0.15, -0.1) is 11.3 Å². The number of nitrogens with one attached hydrogen (secondary N) is 1. The number of anilines is 1. The van der Waals surface area contributed by atoms with Gasteiger partial charge in [0.15, 0.2) is 0 Å². The van der Waals surface area contributed by atoms with Gasteiger partial charge in [0.25, 0.3) is 0 Å². The lowest BCUT2D eigenvalue weighted by molar-refractivity contribution is 0.187. The van der Waals surface area contributed by atoms with E-state index in [4.69, 9.17) is 4.74 Å². The summed E-state index contributed by atoms with van der Waals surface area (Å²) in [5.74, 6) is 0.698. The Hall–Kier alpha value is -1.29. The third-order valence-electron chi connectivity index (χ3n) is 3.95. The maximum atomic E-state index is 12.1. The fraction of sp³-hybridized carbons (Fsp3) is 0.571. The molecular weight excluding hydrogens is 336 g/mol. The summed E-state index contributed by atoms with van der Waals surface area (Å²) >= 11 is 1.61. The largest absolute Gasteiger partial charge is 0.379 e. The molecule has 1 aliphatic heterocycles. The van der Waals surface area contributed by atoms with E-state index >= 15 is 0 Å². The second kappa shape index (κ2) is 6.31. The first-order valence-corrected chi connectivity index (χ1v) is 9.75. The van der Waals surface area contributed by atoms with Crippen molar-refractivity contribution in [2.45, 2.75) is 13.0 Å². The summed E-state index contributed by atoms with van der Waals surface area (Å²) < 4.78 is 31.0. The van der Waals surface area contributed by atoms with E-state index in [0.29, 0.717) is 13.2 Å². The molecule has 0 saturated carbocycles. The predicted molar refractivity (Wildman–Crippen MR) is 91.3 cm³/mol. The molecule has 2 aromatic rings. The highest BCUT2D eigenvalue weighted by Gasteiger charge is 2.33. The summed E-state index contributed by atoms with van der Waals surface area (Å²) in [4.78, 5) is 10.7. The first-order valence-electron chi connectivity index (χ1n) is 7.32. The van der Waals surface area contributed by atoms with Crippen LogP contribution < -0.4 is 5.32 Å². The lowest BCUT2D eigenvalue weighted by atomic mass is 10.1. The molecular formula is C14H20N4O3S2. The van der Waals surface area contributed by atoms with Crippen molar-refractivity contribution >= 4 is 37.4 Å². The molecule has 3 heterocycles. The van der Waals surface area contributed by atoms with Crippen molar-refractivity contribution in [3.63, 3.8) is 0 Å². The first-order chi connectivity index (χ1) is 10.9. The molecule has 0 radical (unpaired) electrons. The second-order valence-electron chi connectivity index (χ2n) is 5.91. The number of aryl methyl sites for hydroxylation is 1. The van der Waals surface area contributed by atoms with Gasteiger partial charge in [0, 0.05) is 24.9 Å². The molecule has 0 spiro atoms. The van der Waals surface area contributed by atoms with E-state index in [0.717, 1.165) is 20.9 Å². The molecule has 0 unspecified atom stereocenters. The Morgan fingerprint density at radius 1 is 1.39 bits per heavy atom. The number of nitrogens with zero attached hydrogens (tertiary/aromatic N) is 3. The predicted octanol–water partition coefficient (Wildman–Crippen LogP) is 1.32. The van der Waals surface area contributed by atoms with Gasteiger partial charge in [-0.1, -0.05) is 0 Å². The van der Waals surface area contributed by atoms with Crippen molar-refractivity contribution in [3.8, 4) is 0 Å². The Balaban J connectivity index is 1.81. The lowest BCUT2D eigenvalue weighted by Crippen LogP contribution is -2.37. The van der Waals surface area contributed by atoms with Crippen molar-refractivity contribution < 1.29 is 13.2 Å². The van der Waals surface area contributed by atoms with Crippen LogP contribution in [0.4, 0.5) is 5.82 Å². The highest BCUT2D eigenvalue weighted by atomic mass is 32.2. The average Bonchev–Trinajstić information content (AvgIpc) is 3.05. The van der Waals surface area contributed by atoms with Gasteiger partial charge in [0.05, 0.1) is 30.4 Å².